The molecule has 2 aromatic heterocycles. The highest BCUT2D eigenvalue weighted by atomic mass is 16.5. The van der Waals surface area contributed by atoms with Crippen molar-refractivity contribution in [3.8, 4) is 11.5 Å². The van der Waals surface area contributed by atoms with Gasteiger partial charge in [0.15, 0.2) is 17.1 Å². The number of carboxylic acids is 1. The van der Waals surface area contributed by atoms with E-state index >= 15 is 0 Å². The second kappa shape index (κ2) is 5.77. The lowest BCUT2D eigenvalue weighted by Crippen LogP contribution is -2.04. The van der Waals surface area contributed by atoms with Gasteiger partial charge in [0.25, 0.3) is 0 Å². The molecule has 2 heterocycles. The normalized spacial score (nSPS) is 10.6. The molecule has 0 aliphatic rings. The topological polar surface area (TPSA) is 73.1 Å². The number of hydrogen-bond acceptors (Lipinski definition) is 4. The molecule has 1 N–H and O–H groups in total. The van der Waals surface area contributed by atoms with Gasteiger partial charge in [0, 0.05) is 6.20 Å². The molecule has 0 aliphatic carbocycles. The molecule has 0 radical (unpaired) electrons. The predicted octanol–water partition coefficient (Wildman–Crippen LogP) is 2.62. The predicted molar refractivity (Wildman–Crippen MR) is 79.5 cm³/mol. The zero-order valence-corrected chi connectivity index (χ0v) is 11.9. The summed E-state index contributed by atoms with van der Waals surface area (Å²) >= 11 is 0. The van der Waals surface area contributed by atoms with Crippen molar-refractivity contribution in [3.63, 3.8) is 0 Å². The summed E-state index contributed by atoms with van der Waals surface area (Å²) in [7, 11) is 1.58. The summed E-state index contributed by atoms with van der Waals surface area (Å²) in [5, 5.41) is 9.17. The lowest BCUT2D eigenvalue weighted by atomic mass is 10.3. The summed E-state index contributed by atoms with van der Waals surface area (Å²) in [6, 6.07) is 10.5. The third-order valence-electron chi connectivity index (χ3n) is 3.29. The maximum atomic E-state index is 11.2. The van der Waals surface area contributed by atoms with E-state index in [4.69, 9.17) is 14.6 Å². The van der Waals surface area contributed by atoms with E-state index in [-0.39, 0.29) is 12.2 Å². The van der Waals surface area contributed by atoms with Gasteiger partial charge in [-0.3, -0.25) is 4.40 Å². The average Bonchev–Trinajstić information content (AvgIpc) is 2.96. The van der Waals surface area contributed by atoms with Crippen LogP contribution in [0.15, 0.2) is 48.8 Å². The molecule has 112 valence electrons. The Hall–Kier alpha value is -3.02. The summed E-state index contributed by atoms with van der Waals surface area (Å²) in [6.07, 6.45) is 3.37. The molecule has 0 fully saturated rings. The number of pyridine rings is 1. The summed E-state index contributed by atoms with van der Waals surface area (Å²) in [6.45, 7) is 0.255. The van der Waals surface area contributed by atoms with Crippen LogP contribution in [0.3, 0.4) is 0 Å². The number of hydrogen-bond donors (Lipinski definition) is 1. The van der Waals surface area contributed by atoms with Gasteiger partial charge in [0.05, 0.1) is 19.0 Å². The highest BCUT2D eigenvalue weighted by molar-refractivity contribution is 5.94. The smallest absolute Gasteiger partial charge is 0.339 e. The fourth-order valence-corrected chi connectivity index (χ4v) is 2.23. The van der Waals surface area contributed by atoms with Crippen LogP contribution in [0.25, 0.3) is 5.65 Å². The van der Waals surface area contributed by atoms with E-state index in [2.05, 4.69) is 4.98 Å². The lowest BCUT2D eigenvalue weighted by Gasteiger charge is -2.10. The molecule has 0 amide bonds. The van der Waals surface area contributed by atoms with Crippen LogP contribution in [0.5, 0.6) is 11.5 Å². The standard InChI is InChI=1S/C16H14N2O4/c1-21-13-6-2-3-7-14(13)22-10-11-9-17-15-12(16(19)20)5-4-8-18(11)15/h2-9H,10H2,1H3,(H,19,20). The first-order chi connectivity index (χ1) is 10.7. The third-order valence-corrected chi connectivity index (χ3v) is 3.29. The number of carboxylic acid groups (broad SMARTS) is 1. The van der Waals surface area contributed by atoms with Gasteiger partial charge >= 0.3 is 5.97 Å². The van der Waals surface area contributed by atoms with Gasteiger partial charge in [-0.2, -0.15) is 0 Å². The van der Waals surface area contributed by atoms with Crippen molar-refractivity contribution in [2.24, 2.45) is 0 Å². The van der Waals surface area contributed by atoms with Crippen LogP contribution in [0, 0.1) is 0 Å². The molecule has 6 nitrogen and oxygen atoms in total. The van der Waals surface area contributed by atoms with Crippen LogP contribution in [0.1, 0.15) is 16.1 Å². The summed E-state index contributed by atoms with van der Waals surface area (Å²) < 4.78 is 12.7. The molecular formula is C16H14N2O4. The van der Waals surface area contributed by atoms with Gasteiger partial charge in [-0.05, 0) is 24.3 Å². The van der Waals surface area contributed by atoms with E-state index in [0.29, 0.717) is 17.1 Å². The average molecular weight is 298 g/mol. The van der Waals surface area contributed by atoms with Crippen molar-refractivity contribution < 1.29 is 19.4 Å². The fraction of sp³-hybridized carbons (Fsp3) is 0.125. The maximum Gasteiger partial charge on any atom is 0.339 e. The van der Waals surface area contributed by atoms with E-state index in [9.17, 15) is 4.79 Å². The number of carbonyl (C=O) groups is 1. The van der Waals surface area contributed by atoms with Crippen molar-refractivity contribution in [3.05, 3.63) is 60.0 Å². The maximum absolute atomic E-state index is 11.2. The van der Waals surface area contributed by atoms with Crippen LogP contribution in [-0.2, 0) is 6.61 Å². The molecule has 1 aromatic carbocycles. The van der Waals surface area contributed by atoms with Gasteiger partial charge in [-0.1, -0.05) is 12.1 Å². The lowest BCUT2D eigenvalue weighted by molar-refractivity contribution is 0.0698. The highest BCUT2D eigenvalue weighted by Crippen LogP contribution is 2.26. The zero-order valence-electron chi connectivity index (χ0n) is 11.9. The van der Waals surface area contributed by atoms with E-state index < -0.39 is 5.97 Å². The highest BCUT2D eigenvalue weighted by Gasteiger charge is 2.13. The van der Waals surface area contributed by atoms with E-state index in [0.717, 1.165) is 5.69 Å². The van der Waals surface area contributed by atoms with Gasteiger partial charge < -0.3 is 14.6 Å². The minimum atomic E-state index is -1.01. The molecule has 6 heteroatoms. The number of imidazole rings is 1. The SMILES string of the molecule is COc1ccccc1OCc1cnc2c(C(=O)O)cccn12. The number of ether oxygens (including phenoxy) is 2. The first-order valence-electron chi connectivity index (χ1n) is 6.65. The summed E-state index contributed by atoms with van der Waals surface area (Å²) in [4.78, 5) is 15.4. The van der Waals surface area contributed by atoms with Crippen molar-refractivity contribution in [1.82, 2.24) is 9.38 Å². The molecular weight excluding hydrogens is 284 g/mol. The van der Waals surface area contributed by atoms with Crippen LogP contribution < -0.4 is 9.47 Å². The number of nitrogens with zero attached hydrogens (tertiary/aromatic N) is 2. The Bertz CT molecular complexity index is 826. The molecule has 22 heavy (non-hydrogen) atoms. The number of para-hydroxylation sites is 2. The summed E-state index contributed by atoms with van der Waals surface area (Å²) in [5.74, 6) is 0.255. The Kier molecular flexibility index (Phi) is 3.65. The molecule has 0 aliphatic heterocycles. The molecule has 3 aromatic rings. The van der Waals surface area contributed by atoms with Gasteiger partial charge in [-0.25, -0.2) is 9.78 Å². The van der Waals surface area contributed by atoms with Gasteiger partial charge in [-0.15, -0.1) is 0 Å². The molecule has 0 spiro atoms. The Morgan fingerprint density at radius 1 is 1.23 bits per heavy atom. The number of benzene rings is 1. The zero-order chi connectivity index (χ0) is 15.5. The molecule has 0 saturated carbocycles. The molecule has 3 rings (SSSR count). The Labute approximate surface area is 126 Å². The van der Waals surface area contributed by atoms with E-state index in [1.165, 1.54) is 6.07 Å². The molecule has 0 atom stereocenters. The van der Waals surface area contributed by atoms with Gasteiger partial charge in [0.1, 0.15) is 12.2 Å². The van der Waals surface area contributed by atoms with Crippen LogP contribution in [-0.4, -0.2) is 27.6 Å². The van der Waals surface area contributed by atoms with Crippen molar-refractivity contribution in [1.29, 1.82) is 0 Å². The van der Waals surface area contributed by atoms with Crippen molar-refractivity contribution in [2.45, 2.75) is 6.61 Å². The monoisotopic (exact) mass is 298 g/mol. The Morgan fingerprint density at radius 2 is 2.00 bits per heavy atom. The Balaban J connectivity index is 1.89. The number of aromatic nitrogens is 2. The largest absolute Gasteiger partial charge is 0.493 e. The number of aromatic carboxylic acids is 1. The van der Waals surface area contributed by atoms with Crippen LogP contribution >= 0.6 is 0 Å². The van der Waals surface area contributed by atoms with E-state index in [1.807, 2.05) is 24.3 Å². The van der Waals surface area contributed by atoms with E-state index in [1.54, 1.807) is 30.0 Å². The molecule has 0 unspecified atom stereocenters. The van der Waals surface area contributed by atoms with Crippen LogP contribution in [0.4, 0.5) is 0 Å². The van der Waals surface area contributed by atoms with Gasteiger partial charge in [0.2, 0.25) is 0 Å². The molecule has 0 saturated heterocycles. The summed E-state index contributed by atoms with van der Waals surface area (Å²) in [5.41, 5.74) is 1.31. The van der Waals surface area contributed by atoms with Crippen LogP contribution in [0.2, 0.25) is 0 Å². The first kappa shape index (κ1) is 13.9. The second-order valence-electron chi connectivity index (χ2n) is 4.61. The van der Waals surface area contributed by atoms with Crippen molar-refractivity contribution in [2.75, 3.05) is 7.11 Å². The number of fused-ring (bicyclic) bond motifs is 1. The second-order valence-corrected chi connectivity index (χ2v) is 4.61. The Morgan fingerprint density at radius 3 is 2.73 bits per heavy atom. The minimum absolute atomic E-state index is 0.158. The third kappa shape index (κ3) is 2.46. The fourth-order valence-electron chi connectivity index (χ4n) is 2.23. The first-order valence-corrected chi connectivity index (χ1v) is 6.65. The molecule has 0 bridgehead atoms. The number of rotatable bonds is 5. The van der Waals surface area contributed by atoms with Crippen molar-refractivity contribution >= 4 is 11.6 Å². The number of methoxy groups -OCH3 is 1. The quantitative estimate of drug-likeness (QED) is 0.784. The minimum Gasteiger partial charge on any atom is -0.493 e.